The summed E-state index contributed by atoms with van der Waals surface area (Å²) in [5.41, 5.74) is 4.29. The number of aliphatic hydroxyl groups excluding tert-OH is 1. The first kappa shape index (κ1) is 24.4. The predicted octanol–water partition coefficient (Wildman–Crippen LogP) is 2.27. The summed E-state index contributed by atoms with van der Waals surface area (Å²) >= 11 is 6.05. The Morgan fingerprint density at radius 2 is 2.23 bits per heavy atom. The summed E-state index contributed by atoms with van der Waals surface area (Å²) in [7, 11) is -4.00. The fourth-order valence-corrected chi connectivity index (χ4v) is 5.90. The van der Waals surface area contributed by atoms with Crippen molar-refractivity contribution in [2.45, 2.75) is 43.5 Å². The highest BCUT2D eigenvalue weighted by molar-refractivity contribution is 7.48. The van der Waals surface area contributed by atoms with Crippen LogP contribution in [0.1, 0.15) is 31.2 Å². The highest BCUT2D eigenvalue weighted by Gasteiger charge is 2.54. The second-order valence-electron chi connectivity index (χ2n) is 8.62. The van der Waals surface area contributed by atoms with Gasteiger partial charge in [-0.3, -0.25) is 23.3 Å². The Labute approximate surface area is 204 Å². The molecule has 0 amide bonds. The number of phosphoric ester groups is 1. The molecular formula is C21H24ClN4O8P. The normalized spacial score (nSPS) is 33.4. The van der Waals surface area contributed by atoms with Crippen LogP contribution in [0.4, 0.5) is 5.95 Å². The number of halogens is 1. The Morgan fingerprint density at radius 3 is 3.00 bits per heavy atom. The van der Waals surface area contributed by atoms with Crippen LogP contribution in [-0.4, -0.2) is 55.8 Å². The van der Waals surface area contributed by atoms with Crippen molar-refractivity contribution < 1.29 is 33.1 Å². The fourth-order valence-electron chi connectivity index (χ4n) is 4.30. The maximum absolute atomic E-state index is 13.1. The molecule has 2 aliphatic rings. The third-order valence-electron chi connectivity index (χ3n) is 6.11. The van der Waals surface area contributed by atoms with Crippen molar-refractivity contribution >= 4 is 36.4 Å². The van der Waals surface area contributed by atoms with E-state index in [1.54, 1.807) is 24.3 Å². The third kappa shape index (κ3) is 4.52. The van der Waals surface area contributed by atoms with Crippen molar-refractivity contribution in [1.82, 2.24) is 14.5 Å². The number of ether oxygens (including phenoxy) is 1. The fraction of sp³-hybridized carbons (Fsp3) is 0.429. The number of hydrogen-bond donors (Lipinski definition) is 4. The van der Waals surface area contributed by atoms with Gasteiger partial charge < -0.3 is 25.3 Å². The van der Waals surface area contributed by atoms with Gasteiger partial charge >= 0.3 is 7.82 Å². The molecule has 6 unspecified atom stereocenters. The number of benzene rings is 1. The molecule has 2 fully saturated rings. The molecule has 0 radical (unpaired) electrons. The molecule has 0 bridgehead atoms. The van der Waals surface area contributed by atoms with Crippen LogP contribution in [0, 0.1) is 0 Å². The van der Waals surface area contributed by atoms with E-state index in [0.717, 1.165) is 5.56 Å². The van der Waals surface area contributed by atoms with Crippen LogP contribution in [0.25, 0.3) is 11.0 Å². The van der Waals surface area contributed by atoms with Crippen LogP contribution in [0.2, 0.25) is 5.02 Å². The zero-order chi connectivity index (χ0) is 25.0. The Bertz CT molecular complexity index is 1360. The minimum atomic E-state index is -4.00. The molecule has 4 heterocycles. The molecule has 2 aromatic heterocycles. The first-order valence-corrected chi connectivity index (χ1v) is 12.7. The molecule has 12 nitrogen and oxygen atoms in total. The predicted molar refractivity (Wildman–Crippen MR) is 125 cm³/mol. The molecule has 6 atom stereocenters. The number of aromatic nitrogens is 3. The third-order valence-corrected chi connectivity index (χ3v) is 7.82. The highest BCUT2D eigenvalue weighted by Crippen LogP contribution is 2.57. The first-order chi connectivity index (χ1) is 16.6. The topological polar surface area (TPSA) is 171 Å². The molecule has 0 spiro atoms. The largest absolute Gasteiger partial charge is 0.475 e. The monoisotopic (exact) mass is 526 g/mol. The molecule has 5 N–H and O–H groups in total. The molecule has 35 heavy (non-hydrogen) atoms. The molecule has 0 saturated carbocycles. The maximum Gasteiger partial charge on any atom is 0.475 e. The van der Waals surface area contributed by atoms with E-state index in [9.17, 15) is 19.6 Å². The number of nitrogens with zero attached hydrogens (tertiary/aromatic N) is 2. The summed E-state index contributed by atoms with van der Waals surface area (Å²) in [6, 6.07) is 8.48. The van der Waals surface area contributed by atoms with Crippen LogP contribution >= 0.6 is 19.4 Å². The summed E-state index contributed by atoms with van der Waals surface area (Å²) < 4.78 is 36.8. The number of fused-ring (bicyclic) bond motifs is 1. The second-order valence-corrected chi connectivity index (χ2v) is 10.7. The number of aliphatic hydroxyl groups is 2. The smallest absolute Gasteiger partial charge is 0.387 e. The Balaban J connectivity index is 1.33. The summed E-state index contributed by atoms with van der Waals surface area (Å²) in [6.07, 6.45) is -2.30. The first-order valence-electron chi connectivity index (χ1n) is 10.8. The molecule has 2 saturated heterocycles. The van der Waals surface area contributed by atoms with Gasteiger partial charge in [0.1, 0.15) is 17.8 Å². The van der Waals surface area contributed by atoms with Crippen molar-refractivity contribution in [1.29, 1.82) is 0 Å². The van der Waals surface area contributed by atoms with E-state index >= 15 is 0 Å². The summed E-state index contributed by atoms with van der Waals surface area (Å²) in [6.45, 7) is 1.10. The standard InChI is InChI=1S/C21H24ClN4O8P/c1-21(29)16(27)15(33-19(21)26-7-5-13-17(26)24-20(23)25-18(13)28)10-32-35(30)31-8-6-14(34-35)11-3-2-4-12(22)9-11/h2-5,7,9,14-16,19,27,29H,6,8,10H2,1H3,(H3,23,24,25,28). The average molecular weight is 527 g/mol. The van der Waals surface area contributed by atoms with Crippen LogP contribution in [0.5, 0.6) is 0 Å². The number of nitrogens with one attached hydrogen (secondary N) is 1. The quantitative estimate of drug-likeness (QED) is 0.361. The van der Waals surface area contributed by atoms with Crippen molar-refractivity contribution in [2.75, 3.05) is 18.9 Å². The zero-order valence-corrected chi connectivity index (χ0v) is 20.2. The van der Waals surface area contributed by atoms with E-state index in [0.29, 0.717) is 11.4 Å². The highest BCUT2D eigenvalue weighted by atomic mass is 35.5. The molecule has 5 rings (SSSR count). The zero-order valence-electron chi connectivity index (χ0n) is 18.5. The lowest BCUT2D eigenvalue weighted by atomic mass is 9.96. The van der Waals surface area contributed by atoms with Crippen LogP contribution in [-0.2, 0) is 22.9 Å². The van der Waals surface area contributed by atoms with E-state index in [1.807, 2.05) is 0 Å². The molecule has 2 aliphatic heterocycles. The number of aromatic amines is 1. The molecule has 1 aromatic carbocycles. The minimum absolute atomic E-state index is 0.112. The average Bonchev–Trinajstić information content (AvgIpc) is 3.31. The molecular weight excluding hydrogens is 503 g/mol. The van der Waals surface area contributed by atoms with Gasteiger partial charge in [-0.1, -0.05) is 23.7 Å². The van der Waals surface area contributed by atoms with E-state index in [-0.39, 0.29) is 23.6 Å². The van der Waals surface area contributed by atoms with Gasteiger partial charge in [-0.25, -0.2) is 4.57 Å². The number of nitrogen functional groups attached to an aromatic ring is 1. The van der Waals surface area contributed by atoms with Gasteiger partial charge in [0.25, 0.3) is 5.56 Å². The van der Waals surface area contributed by atoms with Crippen molar-refractivity contribution in [2.24, 2.45) is 0 Å². The van der Waals surface area contributed by atoms with E-state index in [2.05, 4.69) is 9.97 Å². The van der Waals surface area contributed by atoms with Gasteiger partial charge in [0.2, 0.25) is 5.95 Å². The molecule has 0 aliphatic carbocycles. The SMILES string of the molecule is CC1(O)C(O)C(COP2(=O)OCCC(c3cccc(Cl)c3)O2)OC1n1ccc2c(=O)[nH]c(N)nc21. The van der Waals surface area contributed by atoms with Crippen molar-refractivity contribution in [3.63, 3.8) is 0 Å². The van der Waals surface area contributed by atoms with E-state index in [4.69, 9.17) is 35.6 Å². The second kappa shape index (κ2) is 8.99. The molecule has 188 valence electrons. The van der Waals surface area contributed by atoms with Gasteiger partial charge in [-0.2, -0.15) is 4.98 Å². The van der Waals surface area contributed by atoms with Crippen LogP contribution in [0.3, 0.4) is 0 Å². The van der Waals surface area contributed by atoms with Gasteiger partial charge in [0.05, 0.1) is 24.7 Å². The Kier molecular flexibility index (Phi) is 6.27. The van der Waals surface area contributed by atoms with E-state index in [1.165, 1.54) is 23.8 Å². The number of phosphoric acid groups is 1. The van der Waals surface area contributed by atoms with E-state index < -0.39 is 50.1 Å². The number of hydrogen-bond acceptors (Lipinski definition) is 10. The van der Waals surface area contributed by atoms with Crippen molar-refractivity contribution in [3.8, 4) is 0 Å². The minimum Gasteiger partial charge on any atom is -0.387 e. The van der Waals surface area contributed by atoms with Gasteiger partial charge in [0, 0.05) is 17.6 Å². The maximum atomic E-state index is 13.1. The number of H-pyrrole nitrogens is 1. The van der Waals surface area contributed by atoms with Crippen LogP contribution < -0.4 is 11.3 Å². The summed E-state index contributed by atoms with van der Waals surface area (Å²) in [5, 5.41) is 22.6. The number of anilines is 1. The van der Waals surface area contributed by atoms with Gasteiger partial charge in [-0.15, -0.1) is 0 Å². The lowest BCUT2D eigenvalue weighted by Crippen LogP contribution is -2.44. The lowest BCUT2D eigenvalue weighted by Gasteiger charge is -2.30. The van der Waals surface area contributed by atoms with Gasteiger partial charge in [0.15, 0.2) is 11.9 Å². The van der Waals surface area contributed by atoms with Crippen LogP contribution in [0.15, 0.2) is 41.3 Å². The number of nitrogens with two attached hydrogens (primary N) is 1. The Morgan fingerprint density at radius 1 is 1.43 bits per heavy atom. The summed E-state index contributed by atoms with van der Waals surface area (Å²) in [5.74, 6) is -0.112. The summed E-state index contributed by atoms with van der Waals surface area (Å²) in [4.78, 5) is 18.7. The van der Waals surface area contributed by atoms with Crippen molar-refractivity contribution in [3.05, 3.63) is 57.5 Å². The molecule has 14 heteroatoms. The Hall–Kier alpha value is -2.28. The lowest BCUT2D eigenvalue weighted by molar-refractivity contribution is -0.0950. The number of rotatable bonds is 5. The van der Waals surface area contributed by atoms with Gasteiger partial charge in [-0.05, 0) is 30.7 Å². The molecule has 3 aromatic rings.